The first-order chi connectivity index (χ1) is 9.81. The molecule has 0 bridgehead atoms. The van der Waals surface area contributed by atoms with Crippen molar-refractivity contribution in [1.29, 1.82) is 0 Å². The van der Waals surface area contributed by atoms with E-state index in [4.69, 9.17) is 4.74 Å². The van der Waals surface area contributed by atoms with Crippen molar-refractivity contribution in [3.8, 4) is 0 Å². The Labute approximate surface area is 122 Å². The number of fused-ring (bicyclic) bond motifs is 1. The average Bonchev–Trinajstić information content (AvgIpc) is 2.88. The highest BCUT2D eigenvalue weighted by Gasteiger charge is 2.47. The lowest BCUT2D eigenvalue weighted by Crippen LogP contribution is -2.41. The van der Waals surface area contributed by atoms with Gasteiger partial charge in [0.15, 0.2) is 0 Å². The van der Waals surface area contributed by atoms with Gasteiger partial charge in [-0.25, -0.2) is 4.98 Å². The second-order valence-electron chi connectivity index (χ2n) is 6.12. The highest BCUT2D eigenvalue weighted by molar-refractivity contribution is 7.07. The molecule has 3 heterocycles. The molecule has 1 amide bonds. The molecule has 3 fully saturated rings. The molecular formula is C14H19N3O2S. The second kappa shape index (κ2) is 5.09. The number of rotatable bonds is 4. The van der Waals surface area contributed by atoms with E-state index in [0.29, 0.717) is 17.7 Å². The molecule has 1 aliphatic carbocycles. The van der Waals surface area contributed by atoms with Crippen molar-refractivity contribution < 1.29 is 9.53 Å². The third kappa shape index (κ3) is 2.36. The highest BCUT2D eigenvalue weighted by Crippen LogP contribution is 2.36. The number of carbonyl (C=O) groups excluding carboxylic acids is 1. The van der Waals surface area contributed by atoms with E-state index in [-0.39, 0.29) is 11.9 Å². The van der Waals surface area contributed by atoms with Crippen LogP contribution in [0.25, 0.3) is 0 Å². The van der Waals surface area contributed by atoms with E-state index in [9.17, 15) is 4.79 Å². The van der Waals surface area contributed by atoms with Crippen LogP contribution in [0.4, 0.5) is 0 Å². The molecule has 4 rings (SSSR count). The van der Waals surface area contributed by atoms with Crippen molar-refractivity contribution in [2.45, 2.75) is 24.9 Å². The first kappa shape index (κ1) is 12.7. The normalized spacial score (nSPS) is 33.3. The molecule has 3 aliphatic rings. The van der Waals surface area contributed by atoms with Gasteiger partial charge in [-0.2, -0.15) is 0 Å². The lowest BCUT2D eigenvalue weighted by molar-refractivity contribution is 0.0911. The van der Waals surface area contributed by atoms with Gasteiger partial charge in [0, 0.05) is 36.5 Å². The Hall–Kier alpha value is -0.980. The Morgan fingerprint density at radius 2 is 2.40 bits per heavy atom. The van der Waals surface area contributed by atoms with Gasteiger partial charge in [0.25, 0.3) is 5.91 Å². The van der Waals surface area contributed by atoms with Crippen LogP contribution in [0.1, 0.15) is 23.3 Å². The van der Waals surface area contributed by atoms with Crippen molar-refractivity contribution in [3.63, 3.8) is 0 Å². The molecule has 1 N–H and O–H groups in total. The summed E-state index contributed by atoms with van der Waals surface area (Å²) in [6, 6.07) is 0.701. The Morgan fingerprint density at radius 3 is 3.15 bits per heavy atom. The van der Waals surface area contributed by atoms with E-state index < -0.39 is 0 Å². The summed E-state index contributed by atoms with van der Waals surface area (Å²) in [6.07, 6.45) is 2.73. The number of nitrogens with zero attached hydrogens (tertiary/aromatic N) is 2. The van der Waals surface area contributed by atoms with E-state index in [2.05, 4.69) is 15.2 Å². The number of thiazole rings is 1. The van der Waals surface area contributed by atoms with Crippen LogP contribution in [0.3, 0.4) is 0 Å². The number of ether oxygens (including phenoxy) is 1. The predicted octanol–water partition coefficient (Wildman–Crippen LogP) is 0.982. The zero-order valence-corrected chi connectivity index (χ0v) is 12.1. The third-order valence-electron chi connectivity index (χ3n) is 4.68. The largest absolute Gasteiger partial charge is 0.379 e. The van der Waals surface area contributed by atoms with Gasteiger partial charge < -0.3 is 10.1 Å². The van der Waals surface area contributed by atoms with Gasteiger partial charge >= 0.3 is 0 Å². The quantitative estimate of drug-likeness (QED) is 0.899. The summed E-state index contributed by atoms with van der Waals surface area (Å²) in [7, 11) is 0. The fraction of sp³-hybridized carbons (Fsp3) is 0.714. The van der Waals surface area contributed by atoms with E-state index in [0.717, 1.165) is 25.7 Å². The average molecular weight is 293 g/mol. The molecular weight excluding hydrogens is 274 g/mol. The fourth-order valence-electron chi connectivity index (χ4n) is 3.41. The monoisotopic (exact) mass is 293 g/mol. The molecule has 0 spiro atoms. The molecule has 1 aromatic rings. The van der Waals surface area contributed by atoms with Crippen LogP contribution in [0, 0.1) is 11.8 Å². The molecule has 5 nitrogen and oxygen atoms in total. The van der Waals surface area contributed by atoms with Gasteiger partial charge in [-0.15, -0.1) is 11.3 Å². The zero-order valence-electron chi connectivity index (χ0n) is 11.3. The van der Waals surface area contributed by atoms with Crippen molar-refractivity contribution in [1.82, 2.24) is 15.2 Å². The summed E-state index contributed by atoms with van der Waals surface area (Å²) < 4.78 is 5.64. The topological polar surface area (TPSA) is 54.5 Å². The van der Waals surface area contributed by atoms with Crippen molar-refractivity contribution in [3.05, 3.63) is 16.6 Å². The summed E-state index contributed by atoms with van der Waals surface area (Å²) in [5.74, 6) is 1.27. The summed E-state index contributed by atoms with van der Waals surface area (Å²) >= 11 is 1.46. The molecule has 0 radical (unpaired) electrons. The summed E-state index contributed by atoms with van der Waals surface area (Å²) in [6.45, 7) is 3.73. The summed E-state index contributed by atoms with van der Waals surface area (Å²) in [4.78, 5) is 18.8. The van der Waals surface area contributed by atoms with Gasteiger partial charge in [-0.1, -0.05) is 0 Å². The molecule has 6 heteroatoms. The number of hydrogen-bond acceptors (Lipinski definition) is 5. The zero-order chi connectivity index (χ0) is 13.5. The van der Waals surface area contributed by atoms with E-state index >= 15 is 0 Å². The van der Waals surface area contributed by atoms with Crippen molar-refractivity contribution >= 4 is 17.2 Å². The van der Waals surface area contributed by atoms with Crippen LogP contribution in [0.5, 0.6) is 0 Å². The summed E-state index contributed by atoms with van der Waals surface area (Å²) in [5, 5.41) is 4.96. The molecule has 1 aromatic heterocycles. The Balaban J connectivity index is 1.43. The van der Waals surface area contributed by atoms with Gasteiger partial charge in [0.1, 0.15) is 5.69 Å². The van der Waals surface area contributed by atoms with Crippen molar-refractivity contribution in [2.24, 2.45) is 11.8 Å². The molecule has 1 saturated carbocycles. The first-order valence-corrected chi connectivity index (χ1v) is 8.26. The molecule has 3 atom stereocenters. The third-order valence-corrected chi connectivity index (χ3v) is 5.27. The van der Waals surface area contributed by atoms with E-state index in [1.165, 1.54) is 30.7 Å². The van der Waals surface area contributed by atoms with Gasteiger partial charge in [0.2, 0.25) is 0 Å². The number of hydrogen-bond donors (Lipinski definition) is 1. The fourth-order valence-corrected chi connectivity index (χ4v) is 3.94. The van der Waals surface area contributed by atoms with Crippen LogP contribution in [-0.2, 0) is 4.74 Å². The minimum atomic E-state index is -0.0461. The van der Waals surface area contributed by atoms with Crippen LogP contribution in [0.15, 0.2) is 10.9 Å². The predicted molar refractivity (Wildman–Crippen MR) is 75.8 cm³/mol. The lowest BCUT2D eigenvalue weighted by atomic mass is 10.00. The minimum Gasteiger partial charge on any atom is -0.379 e. The number of amides is 1. The van der Waals surface area contributed by atoms with Crippen molar-refractivity contribution in [2.75, 3.05) is 26.3 Å². The maximum atomic E-state index is 12.2. The molecule has 20 heavy (non-hydrogen) atoms. The van der Waals surface area contributed by atoms with Crippen LogP contribution < -0.4 is 5.32 Å². The number of likely N-dealkylation sites (tertiary alicyclic amines) is 1. The van der Waals surface area contributed by atoms with Gasteiger partial charge in [-0.05, 0) is 18.8 Å². The number of nitrogens with one attached hydrogen (secondary N) is 1. The molecule has 2 aliphatic heterocycles. The Kier molecular flexibility index (Phi) is 3.24. The maximum Gasteiger partial charge on any atom is 0.271 e. The first-order valence-electron chi connectivity index (χ1n) is 7.32. The minimum absolute atomic E-state index is 0.0461. The Morgan fingerprint density at radius 1 is 1.50 bits per heavy atom. The molecule has 108 valence electrons. The molecule has 0 aromatic carbocycles. The van der Waals surface area contributed by atoms with Gasteiger partial charge in [-0.3, -0.25) is 9.69 Å². The molecule has 0 unspecified atom stereocenters. The highest BCUT2D eigenvalue weighted by atomic mass is 32.1. The number of aromatic nitrogens is 1. The number of carbonyl (C=O) groups is 1. The summed E-state index contributed by atoms with van der Waals surface area (Å²) in [5.41, 5.74) is 2.23. The maximum absolute atomic E-state index is 12.2. The SMILES string of the molecule is O=C(N[C@@H]1CN(CC2CC2)[C@@H]2COC[C@@H]21)c1cscn1. The smallest absolute Gasteiger partial charge is 0.271 e. The Bertz CT molecular complexity index is 489. The standard InChI is InChI=1S/C14H19N3O2S/c18-14(12-7-20-8-15-12)16-11-4-17(3-9-1-2-9)13-6-19-5-10(11)13/h7-11,13H,1-6H2,(H,16,18)/t10-,11-,13-/m1/s1. The van der Waals surface area contributed by atoms with Crippen LogP contribution in [-0.4, -0.2) is 54.2 Å². The van der Waals surface area contributed by atoms with E-state index in [1.54, 1.807) is 10.9 Å². The molecule has 2 saturated heterocycles. The van der Waals surface area contributed by atoms with Gasteiger partial charge in [0.05, 0.1) is 18.7 Å². The second-order valence-corrected chi connectivity index (χ2v) is 6.84. The van der Waals surface area contributed by atoms with Crippen LogP contribution >= 0.6 is 11.3 Å². The lowest BCUT2D eigenvalue weighted by Gasteiger charge is -2.21. The van der Waals surface area contributed by atoms with Crippen LogP contribution in [0.2, 0.25) is 0 Å². The van der Waals surface area contributed by atoms with E-state index in [1.807, 2.05) is 0 Å².